The molecule has 0 spiro atoms. The van der Waals surface area contributed by atoms with Gasteiger partial charge >= 0.3 is 0 Å². The summed E-state index contributed by atoms with van der Waals surface area (Å²) in [7, 11) is 0. The highest BCUT2D eigenvalue weighted by Gasteiger charge is 1.99. The molecule has 25 heavy (non-hydrogen) atoms. The highest BCUT2D eigenvalue weighted by molar-refractivity contribution is 5.44. The van der Waals surface area contributed by atoms with Crippen LogP contribution in [0, 0.1) is 0 Å². The molecule has 0 saturated carbocycles. The summed E-state index contributed by atoms with van der Waals surface area (Å²) < 4.78 is 2.29. The van der Waals surface area contributed by atoms with E-state index in [9.17, 15) is 0 Å². The van der Waals surface area contributed by atoms with Crippen LogP contribution in [0.1, 0.15) is 102 Å². The van der Waals surface area contributed by atoms with Crippen molar-refractivity contribution in [2.24, 2.45) is 0 Å². The van der Waals surface area contributed by atoms with Gasteiger partial charge in [-0.3, -0.25) is 0 Å². The maximum absolute atomic E-state index is 3.79. The highest BCUT2D eigenvalue weighted by atomic mass is 35.5. The largest absolute Gasteiger partial charge is 1.00 e. The molecule has 0 N–H and O–H groups in total. The topological polar surface area (TPSA) is 3.88 Å². The number of hydrogen-bond acceptors (Lipinski definition) is 0. The first-order valence-electron chi connectivity index (χ1n) is 10.5. The fraction of sp³-hybridized carbons (Fsp3) is 0.696. The van der Waals surface area contributed by atoms with Gasteiger partial charge in [0.1, 0.15) is 6.54 Å². The van der Waals surface area contributed by atoms with E-state index in [1.54, 1.807) is 0 Å². The zero-order valence-electron chi connectivity index (χ0n) is 16.5. The number of hydrogen-bond donors (Lipinski definition) is 0. The van der Waals surface area contributed by atoms with E-state index < -0.39 is 0 Å². The molecule has 0 fully saturated rings. The summed E-state index contributed by atoms with van der Waals surface area (Å²) in [6, 6.07) is 4.27. The van der Waals surface area contributed by atoms with Crippen molar-refractivity contribution in [1.29, 1.82) is 0 Å². The minimum atomic E-state index is 0. The molecule has 0 unspecified atom stereocenters. The van der Waals surface area contributed by atoms with Crippen LogP contribution < -0.4 is 17.0 Å². The van der Waals surface area contributed by atoms with Gasteiger partial charge in [-0.05, 0) is 12.0 Å². The molecule has 0 aliphatic carbocycles. The van der Waals surface area contributed by atoms with Crippen molar-refractivity contribution >= 4 is 6.08 Å². The maximum Gasteiger partial charge on any atom is 0.169 e. The Kier molecular flexibility index (Phi) is 17.4. The van der Waals surface area contributed by atoms with Gasteiger partial charge in [0.15, 0.2) is 12.4 Å². The fourth-order valence-electron chi connectivity index (χ4n) is 3.24. The zero-order chi connectivity index (χ0) is 17.3. The van der Waals surface area contributed by atoms with Gasteiger partial charge < -0.3 is 12.4 Å². The molecule has 1 nitrogen and oxygen atoms in total. The Morgan fingerprint density at radius 3 is 1.52 bits per heavy atom. The molecule has 2 heteroatoms. The number of aryl methyl sites for hydroxylation is 1. The van der Waals surface area contributed by atoms with E-state index in [1.807, 2.05) is 6.08 Å². The van der Waals surface area contributed by atoms with Crippen LogP contribution >= 0.6 is 0 Å². The predicted octanol–water partition coefficient (Wildman–Crippen LogP) is 4.10. The monoisotopic (exact) mass is 365 g/mol. The average Bonchev–Trinajstić information content (AvgIpc) is 2.62. The van der Waals surface area contributed by atoms with Crippen molar-refractivity contribution < 1.29 is 17.0 Å². The van der Waals surface area contributed by atoms with Crippen LogP contribution in [0.25, 0.3) is 6.08 Å². The third-order valence-electron chi connectivity index (χ3n) is 4.92. The van der Waals surface area contributed by atoms with Crippen molar-refractivity contribution in [2.45, 2.75) is 103 Å². The van der Waals surface area contributed by atoms with Crippen LogP contribution in [0.3, 0.4) is 0 Å². The molecule has 0 amide bonds. The van der Waals surface area contributed by atoms with E-state index in [4.69, 9.17) is 0 Å². The molecule has 0 aromatic carbocycles. The first-order valence-corrected chi connectivity index (χ1v) is 10.5. The smallest absolute Gasteiger partial charge is 0.169 e. The molecule has 1 aromatic rings. The van der Waals surface area contributed by atoms with Crippen molar-refractivity contribution in [1.82, 2.24) is 0 Å². The van der Waals surface area contributed by atoms with Gasteiger partial charge in [-0.2, -0.15) is 0 Å². The lowest BCUT2D eigenvalue weighted by molar-refractivity contribution is -0.697. The Balaban J connectivity index is 0.00000576. The molecule has 1 rings (SSSR count). The molecule has 1 aromatic heterocycles. The predicted molar refractivity (Wildman–Crippen MR) is 107 cm³/mol. The molecule has 0 aliphatic heterocycles. The number of aromatic nitrogens is 1. The summed E-state index contributed by atoms with van der Waals surface area (Å²) >= 11 is 0. The number of pyridine rings is 1. The molecule has 0 saturated heterocycles. The van der Waals surface area contributed by atoms with Crippen molar-refractivity contribution in [2.75, 3.05) is 0 Å². The highest BCUT2D eigenvalue weighted by Crippen LogP contribution is 2.12. The molecule has 1 heterocycles. The van der Waals surface area contributed by atoms with E-state index in [0.717, 1.165) is 6.54 Å². The summed E-state index contributed by atoms with van der Waals surface area (Å²) in [5.41, 5.74) is 1.20. The Labute approximate surface area is 163 Å². The first kappa shape index (κ1) is 24.2. The van der Waals surface area contributed by atoms with Crippen molar-refractivity contribution in [3.63, 3.8) is 0 Å². The Bertz CT molecular complexity index is 399. The van der Waals surface area contributed by atoms with E-state index in [0.29, 0.717) is 0 Å². The van der Waals surface area contributed by atoms with Crippen LogP contribution in [0.2, 0.25) is 0 Å². The Hall–Kier alpha value is -0.820. The molecule has 0 bridgehead atoms. The number of unbranched alkanes of at least 4 members (excludes halogenated alkanes) is 13. The van der Waals surface area contributed by atoms with Gasteiger partial charge in [0.05, 0.1) is 0 Å². The van der Waals surface area contributed by atoms with Gasteiger partial charge in [-0.15, -0.1) is 0 Å². The summed E-state index contributed by atoms with van der Waals surface area (Å²) in [5.74, 6) is 0. The standard InChI is InChI=1S/C23H40N.ClH/c1-3-5-6-7-8-9-10-11-12-13-14-15-16-17-20-24-21-18-23(4-2)19-22-24;/h4,18-19,21-22H,2-3,5-17,20H2,1H3;1H/q+1;/p-1. The van der Waals surface area contributed by atoms with Gasteiger partial charge in [0.25, 0.3) is 0 Å². The second-order valence-electron chi connectivity index (χ2n) is 7.17. The second kappa shape index (κ2) is 18.0. The minimum absolute atomic E-state index is 0. The van der Waals surface area contributed by atoms with Crippen molar-refractivity contribution in [3.05, 3.63) is 36.7 Å². The van der Waals surface area contributed by atoms with Gasteiger partial charge in [0, 0.05) is 18.6 Å². The molecular weight excluding hydrogens is 326 g/mol. The number of rotatable bonds is 16. The third kappa shape index (κ3) is 14.1. The zero-order valence-corrected chi connectivity index (χ0v) is 17.3. The van der Waals surface area contributed by atoms with E-state index in [1.165, 1.54) is 95.5 Å². The van der Waals surface area contributed by atoms with Crippen LogP contribution in [-0.4, -0.2) is 0 Å². The lowest BCUT2D eigenvalue weighted by Crippen LogP contribution is -3.00. The molecule has 144 valence electrons. The number of nitrogens with zero attached hydrogens (tertiary/aromatic N) is 1. The second-order valence-corrected chi connectivity index (χ2v) is 7.17. The van der Waals surface area contributed by atoms with Gasteiger partial charge in [-0.25, -0.2) is 4.57 Å². The SMILES string of the molecule is C=Cc1cc[n+](CCCCCCCCCCCCCCCC)cc1.[Cl-]. The lowest BCUT2D eigenvalue weighted by Gasteiger charge is -2.03. The molecule has 0 radical (unpaired) electrons. The summed E-state index contributed by atoms with van der Waals surface area (Å²) in [5, 5.41) is 0. The van der Waals surface area contributed by atoms with E-state index in [-0.39, 0.29) is 12.4 Å². The van der Waals surface area contributed by atoms with Crippen LogP contribution in [0.5, 0.6) is 0 Å². The fourth-order valence-corrected chi connectivity index (χ4v) is 3.24. The Morgan fingerprint density at radius 1 is 0.720 bits per heavy atom. The lowest BCUT2D eigenvalue weighted by atomic mass is 10.0. The normalized spacial score (nSPS) is 10.4. The van der Waals surface area contributed by atoms with Gasteiger partial charge in [-0.1, -0.05) is 96.6 Å². The quantitative estimate of drug-likeness (QED) is 0.306. The summed E-state index contributed by atoms with van der Waals surface area (Å²) in [6.07, 6.45) is 26.2. The maximum atomic E-state index is 3.79. The van der Waals surface area contributed by atoms with Crippen LogP contribution in [0.4, 0.5) is 0 Å². The van der Waals surface area contributed by atoms with E-state index >= 15 is 0 Å². The number of halogens is 1. The molecule has 0 atom stereocenters. The first-order chi connectivity index (χ1) is 11.9. The van der Waals surface area contributed by atoms with E-state index in [2.05, 4.69) is 42.6 Å². The van der Waals surface area contributed by atoms with Gasteiger partial charge in [0.2, 0.25) is 0 Å². The minimum Gasteiger partial charge on any atom is -1.00 e. The summed E-state index contributed by atoms with van der Waals surface area (Å²) in [4.78, 5) is 0. The van der Waals surface area contributed by atoms with Crippen LogP contribution in [0.15, 0.2) is 31.1 Å². The molecular formula is C23H40ClN. The van der Waals surface area contributed by atoms with Crippen LogP contribution in [-0.2, 0) is 6.54 Å². The third-order valence-corrected chi connectivity index (χ3v) is 4.92. The molecule has 0 aliphatic rings. The Morgan fingerprint density at radius 2 is 1.12 bits per heavy atom. The van der Waals surface area contributed by atoms with Crippen molar-refractivity contribution in [3.8, 4) is 0 Å². The average molecular weight is 366 g/mol. The summed E-state index contributed by atoms with van der Waals surface area (Å²) in [6.45, 7) is 7.23.